The zero-order valence-electron chi connectivity index (χ0n) is 13.6. The molecular formula is C16H26BrN3O2. The summed E-state index contributed by atoms with van der Waals surface area (Å²) in [5.74, 6) is 1.84. The van der Waals surface area contributed by atoms with Gasteiger partial charge in [-0.05, 0) is 24.1 Å². The van der Waals surface area contributed by atoms with E-state index in [1.807, 2.05) is 12.1 Å². The van der Waals surface area contributed by atoms with Crippen molar-refractivity contribution in [3.8, 4) is 11.5 Å². The van der Waals surface area contributed by atoms with E-state index in [-0.39, 0.29) is 0 Å². The summed E-state index contributed by atoms with van der Waals surface area (Å²) in [7, 11) is 3.23. The number of nitrogens with zero attached hydrogens (tertiary/aromatic N) is 1. The van der Waals surface area contributed by atoms with Gasteiger partial charge in [-0.1, -0.05) is 42.1 Å². The monoisotopic (exact) mass is 371 g/mol. The molecule has 0 heterocycles. The zero-order valence-corrected chi connectivity index (χ0v) is 15.2. The summed E-state index contributed by atoms with van der Waals surface area (Å²) < 4.78 is 11.5. The summed E-state index contributed by atoms with van der Waals surface area (Å²) in [6, 6.07) is 3.78. The maximum Gasteiger partial charge on any atom is 0.188 e. The first-order chi connectivity index (χ1) is 10.6. The van der Waals surface area contributed by atoms with Crippen molar-refractivity contribution in [2.75, 3.05) is 20.8 Å². The quantitative estimate of drug-likeness (QED) is 0.396. The Bertz CT molecular complexity index is 493. The lowest BCUT2D eigenvalue weighted by molar-refractivity contribution is 0.354. The molecule has 0 fully saturated rings. The van der Waals surface area contributed by atoms with E-state index in [0.717, 1.165) is 23.0 Å². The van der Waals surface area contributed by atoms with E-state index < -0.39 is 0 Å². The second-order valence-corrected chi connectivity index (χ2v) is 5.84. The molecule has 0 bridgehead atoms. The first kappa shape index (κ1) is 18.6. The number of halogens is 1. The Morgan fingerprint density at radius 2 is 1.86 bits per heavy atom. The molecule has 0 aliphatic carbocycles. The van der Waals surface area contributed by atoms with E-state index in [9.17, 15) is 0 Å². The maximum atomic E-state index is 5.88. The SMILES string of the molecule is CCCCCCNC(N)=NCc1cc(OC)c(OC)cc1Br. The van der Waals surface area contributed by atoms with Crippen LogP contribution in [0.4, 0.5) is 0 Å². The standard InChI is InChI=1S/C16H26BrN3O2/c1-4-5-6-7-8-19-16(18)20-11-12-9-14(21-2)15(22-3)10-13(12)17/h9-10H,4-8,11H2,1-3H3,(H3,18,19,20). The van der Waals surface area contributed by atoms with E-state index in [0.29, 0.717) is 24.0 Å². The van der Waals surface area contributed by atoms with Gasteiger partial charge in [0, 0.05) is 11.0 Å². The molecule has 0 aromatic heterocycles. The molecule has 124 valence electrons. The number of nitrogens with one attached hydrogen (secondary N) is 1. The predicted octanol–water partition coefficient (Wildman–Crippen LogP) is 3.45. The van der Waals surface area contributed by atoms with Gasteiger partial charge in [0.05, 0.1) is 20.8 Å². The van der Waals surface area contributed by atoms with Crippen LogP contribution in [-0.2, 0) is 6.54 Å². The van der Waals surface area contributed by atoms with Crippen molar-refractivity contribution in [3.05, 3.63) is 22.2 Å². The Morgan fingerprint density at radius 3 is 2.50 bits per heavy atom. The number of ether oxygens (including phenoxy) is 2. The number of guanidine groups is 1. The average molecular weight is 372 g/mol. The van der Waals surface area contributed by atoms with Crippen LogP contribution in [-0.4, -0.2) is 26.7 Å². The fourth-order valence-electron chi connectivity index (χ4n) is 2.01. The Hall–Kier alpha value is -1.43. The molecule has 0 radical (unpaired) electrons. The van der Waals surface area contributed by atoms with Crippen LogP contribution < -0.4 is 20.5 Å². The highest BCUT2D eigenvalue weighted by Gasteiger charge is 2.09. The van der Waals surface area contributed by atoms with Crippen molar-refractivity contribution in [1.82, 2.24) is 5.32 Å². The first-order valence-corrected chi connectivity index (χ1v) is 8.35. The van der Waals surface area contributed by atoms with Crippen LogP contribution in [0.15, 0.2) is 21.6 Å². The summed E-state index contributed by atoms with van der Waals surface area (Å²) >= 11 is 3.52. The number of methoxy groups -OCH3 is 2. The lowest BCUT2D eigenvalue weighted by Gasteiger charge is -2.11. The lowest BCUT2D eigenvalue weighted by atomic mass is 10.2. The summed E-state index contributed by atoms with van der Waals surface area (Å²) in [5.41, 5.74) is 6.87. The van der Waals surface area contributed by atoms with E-state index >= 15 is 0 Å². The lowest BCUT2D eigenvalue weighted by Crippen LogP contribution is -2.32. The molecule has 0 saturated heterocycles. The molecule has 0 atom stereocenters. The topological polar surface area (TPSA) is 68.9 Å². The van der Waals surface area contributed by atoms with Gasteiger partial charge in [-0.3, -0.25) is 0 Å². The molecule has 22 heavy (non-hydrogen) atoms. The molecule has 0 aliphatic rings. The van der Waals surface area contributed by atoms with Crippen molar-refractivity contribution in [2.45, 2.75) is 39.2 Å². The summed E-state index contributed by atoms with van der Waals surface area (Å²) in [4.78, 5) is 4.36. The fourth-order valence-corrected chi connectivity index (χ4v) is 2.46. The molecule has 0 unspecified atom stereocenters. The van der Waals surface area contributed by atoms with Crippen LogP contribution >= 0.6 is 15.9 Å². The smallest absolute Gasteiger partial charge is 0.188 e. The highest BCUT2D eigenvalue weighted by molar-refractivity contribution is 9.10. The van der Waals surface area contributed by atoms with Crippen molar-refractivity contribution in [3.63, 3.8) is 0 Å². The number of hydrogen-bond donors (Lipinski definition) is 2. The van der Waals surface area contributed by atoms with E-state index in [2.05, 4.69) is 33.2 Å². The van der Waals surface area contributed by atoms with Gasteiger partial charge in [-0.2, -0.15) is 0 Å². The summed E-state index contributed by atoms with van der Waals surface area (Å²) in [6.07, 6.45) is 4.83. The van der Waals surface area contributed by atoms with Crippen LogP contribution in [0.25, 0.3) is 0 Å². The minimum atomic E-state index is 0.471. The van der Waals surface area contributed by atoms with Crippen LogP contribution in [0.3, 0.4) is 0 Å². The highest BCUT2D eigenvalue weighted by Crippen LogP contribution is 2.33. The van der Waals surface area contributed by atoms with Crippen molar-refractivity contribution in [1.29, 1.82) is 0 Å². The number of rotatable bonds is 9. The molecule has 1 aromatic carbocycles. The van der Waals surface area contributed by atoms with Gasteiger partial charge in [-0.15, -0.1) is 0 Å². The molecule has 0 saturated carbocycles. The number of unbranched alkanes of at least 4 members (excludes halogenated alkanes) is 3. The van der Waals surface area contributed by atoms with Crippen molar-refractivity contribution < 1.29 is 9.47 Å². The van der Waals surface area contributed by atoms with Crippen LogP contribution in [0.1, 0.15) is 38.2 Å². The molecule has 0 amide bonds. The minimum Gasteiger partial charge on any atom is -0.493 e. The summed E-state index contributed by atoms with van der Waals surface area (Å²) in [6.45, 7) is 3.54. The second kappa shape index (κ2) is 10.3. The summed E-state index contributed by atoms with van der Waals surface area (Å²) in [5, 5.41) is 3.14. The Kier molecular flexibility index (Phi) is 8.74. The van der Waals surface area contributed by atoms with Gasteiger partial charge in [0.25, 0.3) is 0 Å². The van der Waals surface area contributed by atoms with Crippen LogP contribution in [0.5, 0.6) is 11.5 Å². The van der Waals surface area contributed by atoms with E-state index in [4.69, 9.17) is 15.2 Å². The second-order valence-electron chi connectivity index (χ2n) is 4.99. The number of aliphatic imine (C=N–C) groups is 1. The van der Waals surface area contributed by atoms with Gasteiger partial charge in [-0.25, -0.2) is 4.99 Å². The molecule has 0 spiro atoms. The molecule has 1 aromatic rings. The number of benzene rings is 1. The van der Waals surface area contributed by atoms with Crippen LogP contribution in [0, 0.1) is 0 Å². The zero-order chi connectivity index (χ0) is 16.4. The third kappa shape index (κ3) is 6.13. The fraction of sp³-hybridized carbons (Fsp3) is 0.562. The number of nitrogens with two attached hydrogens (primary N) is 1. The van der Waals surface area contributed by atoms with Crippen molar-refractivity contribution in [2.24, 2.45) is 10.7 Å². The number of hydrogen-bond acceptors (Lipinski definition) is 3. The van der Waals surface area contributed by atoms with E-state index in [1.165, 1.54) is 19.3 Å². The van der Waals surface area contributed by atoms with Gasteiger partial charge in [0.15, 0.2) is 17.5 Å². The van der Waals surface area contributed by atoms with Gasteiger partial charge < -0.3 is 20.5 Å². The third-order valence-electron chi connectivity index (χ3n) is 3.31. The van der Waals surface area contributed by atoms with Crippen LogP contribution in [0.2, 0.25) is 0 Å². The molecule has 1 rings (SSSR count). The molecule has 6 heteroatoms. The third-order valence-corrected chi connectivity index (χ3v) is 4.05. The average Bonchev–Trinajstić information content (AvgIpc) is 2.53. The largest absolute Gasteiger partial charge is 0.493 e. The minimum absolute atomic E-state index is 0.471. The molecular weight excluding hydrogens is 346 g/mol. The van der Waals surface area contributed by atoms with Crippen molar-refractivity contribution >= 4 is 21.9 Å². The van der Waals surface area contributed by atoms with Gasteiger partial charge in [0.1, 0.15) is 0 Å². The molecule has 5 nitrogen and oxygen atoms in total. The molecule has 0 aliphatic heterocycles. The Morgan fingerprint density at radius 1 is 1.18 bits per heavy atom. The predicted molar refractivity (Wildman–Crippen MR) is 94.7 cm³/mol. The Labute approximate surface area is 141 Å². The van der Waals surface area contributed by atoms with Gasteiger partial charge >= 0.3 is 0 Å². The maximum absolute atomic E-state index is 5.88. The highest BCUT2D eigenvalue weighted by atomic mass is 79.9. The Balaban J connectivity index is 2.57. The molecule has 3 N–H and O–H groups in total. The first-order valence-electron chi connectivity index (χ1n) is 7.56. The normalized spacial score (nSPS) is 11.4. The van der Waals surface area contributed by atoms with E-state index in [1.54, 1.807) is 14.2 Å². The van der Waals surface area contributed by atoms with Gasteiger partial charge in [0.2, 0.25) is 0 Å².